The average Bonchev–Trinajstić information content (AvgIpc) is 2.75. The van der Waals surface area contributed by atoms with E-state index >= 15 is 0 Å². The van der Waals surface area contributed by atoms with Crippen LogP contribution in [0.1, 0.15) is 37.7 Å². The Morgan fingerprint density at radius 3 is 2.45 bits per heavy atom. The lowest BCUT2D eigenvalue weighted by molar-refractivity contribution is -0.151. The third-order valence-corrected chi connectivity index (χ3v) is 6.75. The van der Waals surface area contributed by atoms with E-state index in [1.807, 2.05) is 6.07 Å². The molecule has 0 bridgehead atoms. The van der Waals surface area contributed by atoms with Crippen LogP contribution in [0.4, 0.5) is 0 Å². The number of amides is 1. The lowest BCUT2D eigenvalue weighted by Crippen LogP contribution is -2.35. The number of nitrogens with zero attached hydrogens (tertiary/aromatic N) is 3. The summed E-state index contributed by atoms with van der Waals surface area (Å²) in [5.41, 5.74) is 0.817. The summed E-state index contributed by atoms with van der Waals surface area (Å²) in [6.07, 6.45) is 3.53. The van der Waals surface area contributed by atoms with Crippen LogP contribution >= 0.6 is 0 Å². The molecule has 1 aromatic rings. The highest BCUT2D eigenvalue weighted by molar-refractivity contribution is 7.89. The molecule has 8 nitrogen and oxygen atoms in total. The van der Waals surface area contributed by atoms with Crippen LogP contribution in [0.15, 0.2) is 29.2 Å². The van der Waals surface area contributed by atoms with Crippen molar-refractivity contribution in [3.63, 3.8) is 0 Å². The van der Waals surface area contributed by atoms with Gasteiger partial charge >= 0.3 is 5.97 Å². The third-order valence-electron chi connectivity index (χ3n) is 4.84. The van der Waals surface area contributed by atoms with Crippen LogP contribution in [0.3, 0.4) is 0 Å². The smallest absolute Gasteiger partial charge is 0.306 e. The number of benzene rings is 1. The fourth-order valence-electron chi connectivity index (χ4n) is 3.00. The number of aryl methyl sites for hydroxylation is 1. The molecular formula is C20H27N3O5S. The Morgan fingerprint density at radius 1 is 1.17 bits per heavy atom. The van der Waals surface area contributed by atoms with Crippen molar-refractivity contribution < 1.29 is 22.7 Å². The van der Waals surface area contributed by atoms with Gasteiger partial charge in [-0.1, -0.05) is 18.6 Å². The van der Waals surface area contributed by atoms with Crippen molar-refractivity contribution in [1.82, 2.24) is 9.21 Å². The van der Waals surface area contributed by atoms with Gasteiger partial charge in [0.05, 0.1) is 17.4 Å². The van der Waals surface area contributed by atoms with E-state index in [-0.39, 0.29) is 30.3 Å². The summed E-state index contributed by atoms with van der Waals surface area (Å²) in [5, 5.41) is 8.51. The molecule has 29 heavy (non-hydrogen) atoms. The summed E-state index contributed by atoms with van der Waals surface area (Å²) in [4.78, 5) is 25.2. The number of sulfonamides is 1. The molecule has 0 unspecified atom stereocenters. The van der Waals surface area contributed by atoms with Crippen molar-refractivity contribution in [1.29, 1.82) is 5.26 Å². The van der Waals surface area contributed by atoms with Crippen molar-refractivity contribution in [3.05, 3.63) is 29.8 Å². The first-order chi connectivity index (χ1) is 13.8. The number of esters is 1. The zero-order valence-electron chi connectivity index (χ0n) is 16.7. The molecule has 0 saturated carbocycles. The van der Waals surface area contributed by atoms with Gasteiger partial charge in [0.2, 0.25) is 10.0 Å². The van der Waals surface area contributed by atoms with Gasteiger partial charge in [-0.05, 0) is 37.0 Å². The maximum absolute atomic E-state index is 12.6. The number of ether oxygens (including phenoxy) is 1. The largest absolute Gasteiger partial charge is 0.456 e. The van der Waals surface area contributed by atoms with E-state index in [2.05, 4.69) is 0 Å². The van der Waals surface area contributed by atoms with E-state index in [1.54, 1.807) is 31.3 Å². The van der Waals surface area contributed by atoms with Gasteiger partial charge in [-0.25, -0.2) is 8.42 Å². The van der Waals surface area contributed by atoms with Crippen molar-refractivity contribution in [2.24, 2.45) is 0 Å². The molecule has 0 N–H and O–H groups in total. The fourth-order valence-corrected chi connectivity index (χ4v) is 4.51. The van der Waals surface area contributed by atoms with Gasteiger partial charge in [0, 0.05) is 33.1 Å². The van der Waals surface area contributed by atoms with Gasteiger partial charge in [0.1, 0.15) is 0 Å². The van der Waals surface area contributed by atoms with Gasteiger partial charge in [-0.2, -0.15) is 9.57 Å². The maximum atomic E-state index is 12.6. The standard InChI is InChI=1S/C20H27N3O5S/c1-22(13-5-12-21)19(24)16-28-20(25)11-8-17-6-9-18(10-7-17)29(26,27)23-14-3-2-4-15-23/h6-7,9-10H,2-5,8,11,13-16H2,1H3. The molecule has 1 aliphatic heterocycles. The SMILES string of the molecule is CN(CCC#N)C(=O)COC(=O)CCc1ccc(S(=O)(=O)N2CCCCC2)cc1. The highest BCUT2D eigenvalue weighted by Gasteiger charge is 2.25. The lowest BCUT2D eigenvalue weighted by Gasteiger charge is -2.25. The first-order valence-corrected chi connectivity index (χ1v) is 11.1. The molecule has 1 fully saturated rings. The molecular weight excluding hydrogens is 394 g/mol. The molecule has 1 aliphatic rings. The normalized spacial score (nSPS) is 14.8. The Morgan fingerprint density at radius 2 is 1.83 bits per heavy atom. The summed E-state index contributed by atoms with van der Waals surface area (Å²) < 4.78 is 31.8. The van der Waals surface area contributed by atoms with E-state index in [9.17, 15) is 18.0 Å². The lowest BCUT2D eigenvalue weighted by atomic mass is 10.1. The Labute approximate surface area is 172 Å². The molecule has 0 aromatic heterocycles. The first-order valence-electron chi connectivity index (χ1n) is 9.70. The second kappa shape index (κ2) is 10.9. The topological polar surface area (TPSA) is 108 Å². The molecule has 0 spiro atoms. The second-order valence-electron chi connectivity index (χ2n) is 6.99. The van der Waals surface area contributed by atoms with Gasteiger partial charge in [0.25, 0.3) is 5.91 Å². The van der Waals surface area contributed by atoms with E-state index < -0.39 is 16.0 Å². The third kappa shape index (κ3) is 6.84. The number of likely N-dealkylation sites (N-methyl/N-ethyl adjacent to an activating group) is 1. The Hall–Kier alpha value is -2.44. The number of carbonyl (C=O) groups is 2. The van der Waals surface area contributed by atoms with Crippen molar-refractivity contribution >= 4 is 21.9 Å². The predicted octanol–water partition coefficient (Wildman–Crippen LogP) is 1.71. The molecule has 9 heteroatoms. The van der Waals surface area contributed by atoms with Crippen molar-refractivity contribution in [2.45, 2.75) is 43.4 Å². The molecule has 0 radical (unpaired) electrons. The highest BCUT2D eigenvalue weighted by atomic mass is 32.2. The molecule has 1 heterocycles. The van der Waals surface area contributed by atoms with E-state index in [1.165, 1.54) is 9.21 Å². The molecule has 1 amide bonds. The summed E-state index contributed by atoms with van der Waals surface area (Å²) in [5.74, 6) is -0.863. The zero-order chi connectivity index (χ0) is 21.3. The monoisotopic (exact) mass is 421 g/mol. The highest BCUT2D eigenvalue weighted by Crippen LogP contribution is 2.21. The second-order valence-corrected chi connectivity index (χ2v) is 8.93. The molecule has 1 saturated heterocycles. The minimum atomic E-state index is -3.46. The number of rotatable bonds is 9. The number of nitriles is 1. The average molecular weight is 422 g/mol. The Bertz CT molecular complexity index is 840. The predicted molar refractivity (Wildman–Crippen MR) is 106 cm³/mol. The molecule has 0 atom stereocenters. The van der Waals surface area contributed by atoms with Gasteiger partial charge < -0.3 is 9.64 Å². The van der Waals surface area contributed by atoms with E-state index in [4.69, 9.17) is 10.00 Å². The van der Waals surface area contributed by atoms with E-state index in [0.29, 0.717) is 26.1 Å². The summed E-state index contributed by atoms with van der Waals surface area (Å²) in [7, 11) is -1.92. The van der Waals surface area contributed by atoms with E-state index in [0.717, 1.165) is 24.8 Å². The number of hydrogen-bond acceptors (Lipinski definition) is 6. The molecule has 0 aliphatic carbocycles. The minimum absolute atomic E-state index is 0.0907. The molecule has 1 aromatic carbocycles. The Kier molecular flexibility index (Phi) is 8.61. The summed E-state index contributed by atoms with van der Waals surface area (Å²) in [6, 6.07) is 8.48. The summed E-state index contributed by atoms with van der Waals surface area (Å²) >= 11 is 0. The van der Waals surface area contributed by atoms with Crippen LogP contribution in [0.5, 0.6) is 0 Å². The van der Waals surface area contributed by atoms with Gasteiger partial charge in [0.15, 0.2) is 6.61 Å². The van der Waals surface area contributed by atoms with Crippen LogP contribution in [-0.4, -0.2) is 62.8 Å². The van der Waals surface area contributed by atoms with Crippen LogP contribution in [0.25, 0.3) is 0 Å². The first kappa shape index (κ1) is 22.8. The maximum Gasteiger partial charge on any atom is 0.306 e. The zero-order valence-corrected chi connectivity index (χ0v) is 17.5. The van der Waals surface area contributed by atoms with Crippen LogP contribution in [0, 0.1) is 11.3 Å². The fraction of sp³-hybridized carbons (Fsp3) is 0.550. The van der Waals surface area contributed by atoms with Crippen LogP contribution in [0.2, 0.25) is 0 Å². The molecule has 158 valence electrons. The number of piperidine rings is 1. The number of hydrogen-bond donors (Lipinski definition) is 0. The van der Waals surface area contributed by atoms with Crippen LogP contribution in [-0.2, 0) is 30.8 Å². The number of carbonyl (C=O) groups excluding carboxylic acids is 2. The van der Waals surface area contributed by atoms with Gasteiger partial charge in [-0.15, -0.1) is 0 Å². The minimum Gasteiger partial charge on any atom is -0.456 e. The van der Waals surface area contributed by atoms with Crippen molar-refractivity contribution in [2.75, 3.05) is 33.3 Å². The quantitative estimate of drug-likeness (QED) is 0.562. The Balaban J connectivity index is 1.80. The van der Waals surface area contributed by atoms with Crippen LogP contribution < -0.4 is 0 Å². The molecule has 2 rings (SSSR count). The van der Waals surface area contributed by atoms with Crippen molar-refractivity contribution in [3.8, 4) is 6.07 Å². The van der Waals surface area contributed by atoms with Gasteiger partial charge in [-0.3, -0.25) is 9.59 Å². The summed E-state index contributed by atoms with van der Waals surface area (Å²) in [6.45, 7) is 1.05.